The van der Waals surface area contributed by atoms with Crippen LogP contribution in [0.3, 0.4) is 0 Å². The van der Waals surface area contributed by atoms with E-state index in [2.05, 4.69) is 19.2 Å². The van der Waals surface area contributed by atoms with Crippen LogP contribution < -0.4 is 5.32 Å². The molecule has 7 heteroatoms. The Morgan fingerprint density at radius 2 is 2.07 bits per heavy atom. The van der Waals surface area contributed by atoms with E-state index >= 15 is 0 Å². The summed E-state index contributed by atoms with van der Waals surface area (Å²) in [5.74, 6) is 1.64. The van der Waals surface area contributed by atoms with E-state index in [1.807, 2.05) is 19.1 Å². The van der Waals surface area contributed by atoms with Gasteiger partial charge in [0.1, 0.15) is 5.76 Å². The molecule has 7 nitrogen and oxygen atoms in total. The third kappa shape index (κ3) is 3.36. The Labute approximate surface area is 172 Å². The Morgan fingerprint density at radius 3 is 2.90 bits per heavy atom. The highest BCUT2D eigenvalue weighted by atomic mass is 17.3. The zero-order valence-corrected chi connectivity index (χ0v) is 17.6. The van der Waals surface area contributed by atoms with Gasteiger partial charge in [0.05, 0.1) is 19.4 Å². The average Bonchev–Trinajstić information content (AvgIpc) is 3.12. The van der Waals surface area contributed by atoms with Gasteiger partial charge >= 0.3 is 0 Å². The molecule has 1 aromatic heterocycles. The van der Waals surface area contributed by atoms with Crippen LogP contribution in [0.5, 0.6) is 0 Å². The molecule has 1 aliphatic carbocycles. The number of nitrogens with one attached hydrogen (secondary N) is 1. The smallest absolute Gasteiger partial charge is 0.201 e. The minimum atomic E-state index is -0.743. The molecule has 1 aromatic rings. The second-order valence-corrected chi connectivity index (χ2v) is 9.40. The van der Waals surface area contributed by atoms with Crippen LogP contribution in [0.2, 0.25) is 0 Å². The molecule has 1 N–H and O–H groups in total. The first-order valence-corrected chi connectivity index (χ1v) is 11.1. The largest absolute Gasteiger partial charge is 0.468 e. The van der Waals surface area contributed by atoms with Crippen LogP contribution in [0, 0.1) is 23.7 Å². The first-order valence-electron chi connectivity index (χ1n) is 11.1. The van der Waals surface area contributed by atoms with Gasteiger partial charge < -0.3 is 23.9 Å². The summed E-state index contributed by atoms with van der Waals surface area (Å²) in [6.45, 7) is 8.48. The highest BCUT2D eigenvalue weighted by Crippen LogP contribution is 2.60. The molecular formula is C22H33NO6. The molecule has 0 radical (unpaired) electrons. The van der Waals surface area contributed by atoms with Crippen LogP contribution in [-0.2, 0) is 30.5 Å². The Hall–Kier alpha value is -0.960. The quantitative estimate of drug-likeness (QED) is 0.571. The van der Waals surface area contributed by atoms with Crippen LogP contribution >= 0.6 is 0 Å². The van der Waals surface area contributed by atoms with E-state index in [-0.39, 0.29) is 12.2 Å². The molecule has 5 fully saturated rings. The second-order valence-electron chi connectivity index (χ2n) is 9.40. The van der Waals surface area contributed by atoms with E-state index in [0.717, 1.165) is 31.6 Å². The lowest BCUT2D eigenvalue weighted by Gasteiger charge is -2.60. The third-order valence-electron chi connectivity index (χ3n) is 7.54. The topological polar surface area (TPSA) is 71.3 Å². The van der Waals surface area contributed by atoms with Crippen molar-refractivity contribution in [3.63, 3.8) is 0 Å². The van der Waals surface area contributed by atoms with Crippen molar-refractivity contribution in [3.05, 3.63) is 24.2 Å². The van der Waals surface area contributed by atoms with Crippen molar-refractivity contribution < 1.29 is 28.4 Å². The summed E-state index contributed by atoms with van der Waals surface area (Å²) in [7, 11) is 0. The summed E-state index contributed by atoms with van der Waals surface area (Å²) in [5.41, 5.74) is -0.523. The van der Waals surface area contributed by atoms with Gasteiger partial charge in [-0.1, -0.05) is 13.8 Å². The normalized spacial score (nSPS) is 46.3. The molecule has 29 heavy (non-hydrogen) atoms. The molecule has 1 saturated carbocycles. The van der Waals surface area contributed by atoms with Crippen molar-refractivity contribution in [1.82, 2.24) is 5.32 Å². The Balaban J connectivity index is 1.26. The third-order valence-corrected chi connectivity index (χ3v) is 7.54. The van der Waals surface area contributed by atoms with Crippen LogP contribution in [0.1, 0.15) is 52.2 Å². The zero-order valence-electron chi connectivity index (χ0n) is 17.6. The van der Waals surface area contributed by atoms with Gasteiger partial charge in [0.25, 0.3) is 0 Å². The minimum absolute atomic E-state index is 0.209. The van der Waals surface area contributed by atoms with Gasteiger partial charge in [-0.25, -0.2) is 9.78 Å². The monoisotopic (exact) mass is 407 g/mol. The minimum Gasteiger partial charge on any atom is -0.468 e. The van der Waals surface area contributed by atoms with E-state index < -0.39 is 17.7 Å². The fourth-order valence-corrected chi connectivity index (χ4v) is 5.93. The summed E-state index contributed by atoms with van der Waals surface area (Å²) in [6, 6.07) is 3.85. The van der Waals surface area contributed by atoms with Gasteiger partial charge in [0.2, 0.25) is 5.79 Å². The lowest BCUT2D eigenvalue weighted by atomic mass is 9.58. The lowest BCUT2D eigenvalue weighted by molar-refractivity contribution is -0.577. The van der Waals surface area contributed by atoms with Crippen molar-refractivity contribution >= 4 is 0 Å². The van der Waals surface area contributed by atoms with E-state index in [4.69, 9.17) is 28.4 Å². The Morgan fingerprint density at radius 1 is 1.17 bits per heavy atom. The fourth-order valence-electron chi connectivity index (χ4n) is 5.93. The maximum atomic E-state index is 6.41. The van der Waals surface area contributed by atoms with Gasteiger partial charge in [-0.3, -0.25) is 0 Å². The summed E-state index contributed by atoms with van der Waals surface area (Å²) in [6.07, 6.45) is 5.09. The van der Waals surface area contributed by atoms with Crippen molar-refractivity contribution in [2.75, 3.05) is 13.2 Å². The van der Waals surface area contributed by atoms with Gasteiger partial charge in [0, 0.05) is 24.8 Å². The first-order chi connectivity index (χ1) is 14.0. The van der Waals surface area contributed by atoms with E-state index in [0.29, 0.717) is 30.9 Å². The average molecular weight is 408 g/mol. The maximum Gasteiger partial charge on any atom is 0.201 e. The maximum absolute atomic E-state index is 6.41. The summed E-state index contributed by atoms with van der Waals surface area (Å²) >= 11 is 0. The molecule has 6 rings (SSSR count). The van der Waals surface area contributed by atoms with Crippen LogP contribution in [0.15, 0.2) is 22.8 Å². The molecule has 5 aliphatic rings. The van der Waals surface area contributed by atoms with Gasteiger partial charge in [-0.15, -0.1) is 0 Å². The summed E-state index contributed by atoms with van der Waals surface area (Å²) < 4.78 is 24.3. The van der Waals surface area contributed by atoms with Gasteiger partial charge in [-0.2, -0.15) is 0 Å². The van der Waals surface area contributed by atoms with E-state index in [1.54, 1.807) is 6.26 Å². The number of furan rings is 1. The number of hydrogen-bond donors (Lipinski definition) is 1. The predicted octanol–water partition coefficient (Wildman–Crippen LogP) is 3.59. The molecule has 1 unspecified atom stereocenters. The molecule has 1 spiro atoms. The highest BCUT2D eigenvalue weighted by molar-refractivity contribution is 5.09. The number of hydrogen-bond acceptors (Lipinski definition) is 7. The Bertz CT molecular complexity index is 697. The molecule has 4 aliphatic heterocycles. The second kappa shape index (κ2) is 7.62. The van der Waals surface area contributed by atoms with Crippen molar-refractivity contribution in [2.45, 2.75) is 77.0 Å². The van der Waals surface area contributed by atoms with E-state index in [1.165, 1.54) is 6.42 Å². The predicted molar refractivity (Wildman–Crippen MR) is 103 cm³/mol. The summed E-state index contributed by atoms with van der Waals surface area (Å²) in [4.78, 5) is 12.0. The van der Waals surface area contributed by atoms with Crippen LogP contribution in [0.4, 0.5) is 0 Å². The van der Waals surface area contributed by atoms with Crippen molar-refractivity contribution in [1.29, 1.82) is 0 Å². The number of ether oxygens (including phenoxy) is 3. The fraction of sp³-hybridized carbons (Fsp3) is 0.818. The SMILES string of the molecule is C[C@H]1[C@@H](OCCNCc2ccco2)O[C@@H]2OC3(C)CC[C@H]4[C@H](C)CC[C@@H]1[C@@]24OO3. The summed E-state index contributed by atoms with van der Waals surface area (Å²) in [5, 5.41) is 3.34. The van der Waals surface area contributed by atoms with E-state index in [9.17, 15) is 0 Å². The molecule has 0 aromatic carbocycles. The molecule has 162 valence electrons. The Kier molecular flexibility index (Phi) is 5.25. The van der Waals surface area contributed by atoms with Gasteiger partial charge in [0.15, 0.2) is 18.2 Å². The molecular weight excluding hydrogens is 374 g/mol. The number of fused-ring (bicyclic) bond motifs is 2. The lowest BCUT2D eigenvalue weighted by Crippen LogP contribution is -2.70. The standard InChI is InChI=1S/C22H33NO6/c1-14-6-7-18-15(2)19(25-12-10-23-13-16-5-4-11-24-16)26-20-22(18)17(14)8-9-21(3,27-20)28-29-22/h4-5,11,14-15,17-20,23H,6-10,12-13H2,1-3H3/t14-,15-,17+,18+,19+,20-,21?,22-/m1/s1. The molecule has 8 atom stereocenters. The van der Waals surface area contributed by atoms with Crippen molar-refractivity contribution in [3.8, 4) is 0 Å². The molecule has 4 saturated heterocycles. The highest BCUT2D eigenvalue weighted by Gasteiger charge is 2.69. The van der Waals surface area contributed by atoms with Crippen LogP contribution in [-0.4, -0.2) is 37.1 Å². The number of rotatable bonds is 6. The van der Waals surface area contributed by atoms with Crippen molar-refractivity contribution in [2.24, 2.45) is 23.7 Å². The molecule has 5 heterocycles. The van der Waals surface area contributed by atoms with Gasteiger partial charge in [-0.05, 0) is 50.2 Å². The molecule has 0 amide bonds. The zero-order chi connectivity index (χ0) is 20.1. The molecule has 2 bridgehead atoms. The van der Waals surface area contributed by atoms with Crippen LogP contribution in [0.25, 0.3) is 0 Å². The first kappa shape index (κ1) is 20.0.